The number of ether oxygens (including phenoxy) is 1. The zero-order valence-corrected chi connectivity index (χ0v) is 17.1. The molecule has 1 aromatic carbocycles. The maximum Gasteiger partial charge on any atom is 0.124 e. The Morgan fingerprint density at radius 1 is 1.22 bits per heavy atom. The molecule has 3 rings (SSSR count). The van der Waals surface area contributed by atoms with Gasteiger partial charge in [0.2, 0.25) is 0 Å². The standard InChI is InChI=1S/C22H31N3O2/c1-15-13-16-19(14-20(15)27-12-6-11-25(4)5)24-18-8-10-23-17(21(16)18)7-9-22(2,3)26/h8,10,13-14,24,26H,6-7,9,11-12H2,1-5H3. The van der Waals surface area contributed by atoms with Gasteiger partial charge in [-0.05, 0) is 71.8 Å². The molecule has 0 unspecified atom stereocenters. The minimum atomic E-state index is -0.695. The highest BCUT2D eigenvalue weighted by molar-refractivity contribution is 6.09. The van der Waals surface area contributed by atoms with E-state index in [1.54, 1.807) is 0 Å². The van der Waals surface area contributed by atoms with Crippen molar-refractivity contribution in [3.8, 4) is 5.75 Å². The largest absolute Gasteiger partial charge is 0.493 e. The van der Waals surface area contributed by atoms with E-state index in [-0.39, 0.29) is 0 Å². The normalized spacial score (nSPS) is 12.4. The minimum absolute atomic E-state index is 0.678. The van der Waals surface area contributed by atoms with Gasteiger partial charge in [0.05, 0.1) is 23.4 Å². The molecule has 0 saturated heterocycles. The fourth-order valence-electron chi connectivity index (χ4n) is 3.39. The molecule has 5 heteroatoms. The van der Waals surface area contributed by atoms with Crippen LogP contribution in [-0.2, 0) is 6.42 Å². The quantitative estimate of drug-likeness (QED) is 0.588. The first kappa shape index (κ1) is 19.6. The number of aryl methyl sites for hydroxylation is 2. The number of hydrogen-bond donors (Lipinski definition) is 2. The average Bonchev–Trinajstić information content (AvgIpc) is 2.94. The topological polar surface area (TPSA) is 61.4 Å². The molecule has 2 aromatic heterocycles. The van der Waals surface area contributed by atoms with E-state index in [1.165, 1.54) is 5.39 Å². The van der Waals surface area contributed by atoms with Crippen LogP contribution in [0.2, 0.25) is 0 Å². The summed E-state index contributed by atoms with van der Waals surface area (Å²) in [4.78, 5) is 10.3. The third kappa shape index (κ3) is 4.79. The summed E-state index contributed by atoms with van der Waals surface area (Å²) in [5.74, 6) is 0.929. The molecule has 0 aliphatic heterocycles. The van der Waals surface area contributed by atoms with E-state index in [0.717, 1.165) is 52.8 Å². The monoisotopic (exact) mass is 369 g/mol. The summed E-state index contributed by atoms with van der Waals surface area (Å²) in [5, 5.41) is 12.4. The Bertz CT molecular complexity index is 923. The molecule has 0 bridgehead atoms. The van der Waals surface area contributed by atoms with Crippen LogP contribution in [0.15, 0.2) is 24.4 Å². The van der Waals surface area contributed by atoms with Crippen LogP contribution >= 0.6 is 0 Å². The van der Waals surface area contributed by atoms with E-state index >= 15 is 0 Å². The molecule has 0 fully saturated rings. The van der Waals surface area contributed by atoms with Crippen molar-refractivity contribution in [2.24, 2.45) is 0 Å². The molecule has 0 aliphatic carbocycles. The molecule has 27 heavy (non-hydrogen) atoms. The zero-order valence-electron chi connectivity index (χ0n) is 17.1. The SMILES string of the molecule is Cc1cc2c(cc1OCCCN(C)C)[nH]c1ccnc(CCC(C)(C)O)c12. The van der Waals surface area contributed by atoms with Gasteiger partial charge >= 0.3 is 0 Å². The molecule has 0 saturated carbocycles. The maximum atomic E-state index is 10.1. The summed E-state index contributed by atoms with van der Waals surface area (Å²) in [6.07, 6.45) is 4.26. The summed E-state index contributed by atoms with van der Waals surface area (Å²) >= 11 is 0. The Morgan fingerprint density at radius 3 is 2.70 bits per heavy atom. The number of aromatic amines is 1. The maximum absolute atomic E-state index is 10.1. The van der Waals surface area contributed by atoms with Crippen LogP contribution < -0.4 is 4.74 Å². The smallest absolute Gasteiger partial charge is 0.124 e. The molecule has 2 heterocycles. The Kier molecular flexibility index (Phi) is 5.72. The molecule has 0 radical (unpaired) electrons. The molecular weight excluding hydrogens is 338 g/mol. The molecular formula is C22H31N3O2. The number of hydrogen-bond acceptors (Lipinski definition) is 4. The lowest BCUT2D eigenvalue weighted by molar-refractivity contribution is 0.0712. The molecule has 5 nitrogen and oxygen atoms in total. The number of fused-ring (bicyclic) bond motifs is 3. The number of aliphatic hydroxyl groups is 1. The van der Waals surface area contributed by atoms with Crippen LogP contribution in [0.25, 0.3) is 21.8 Å². The first-order valence-electron chi connectivity index (χ1n) is 9.64. The molecule has 0 spiro atoms. The van der Waals surface area contributed by atoms with E-state index < -0.39 is 5.60 Å². The van der Waals surface area contributed by atoms with Crippen LogP contribution in [-0.4, -0.2) is 52.8 Å². The highest BCUT2D eigenvalue weighted by atomic mass is 16.5. The van der Waals surface area contributed by atoms with Gasteiger partial charge in [0.15, 0.2) is 0 Å². The Labute approximate surface area is 161 Å². The first-order chi connectivity index (χ1) is 12.7. The van der Waals surface area contributed by atoms with Crippen molar-refractivity contribution in [3.63, 3.8) is 0 Å². The van der Waals surface area contributed by atoms with Crippen molar-refractivity contribution >= 4 is 21.8 Å². The Hall–Kier alpha value is -2.11. The number of benzene rings is 1. The molecule has 0 aliphatic rings. The lowest BCUT2D eigenvalue weighted by Crippen LogP contribution is -2.19. The first-order valence-corrected chi connectivity index (χ1v) is 9.64. The number of H-pyrrole nitrogens is 1. The molecule has 0 atom stereocenters. The van der Waals surface area contributed by atoms with Gasteiger partial charge in [0.1, 0.15) is 5.75 Å². The van der Waals surface area contributed by atoms with E-state index in [9.17, 15) is 5.11 Å². The fourth-order valence-corrected chi connectivity index (χ4v) is 3.39. The predicted octanol–water partition coefficient (Wildman–Crippen LogP) is 4.06. The van der Waals surface area contributed by atoms with Crippen molar-refractivity contribution in [1.82, 2.24) is 14.9 Å². The van der Waals surface area contributed by atoms with Gasteiger partial charge in [-0.15, -0.1) is 0 Å². The predicted molar refractivity (Wildman–Crippen MR) is 112 cm³/mol. The van der Waals surface area contributed by atoms with Gasteiger partial charge in [-0.3, -0.25) is 4.98 Å². The Morgan fingerprint density at radius 2 is 2.00 bits per heavy atom. The third-order valence-corrected chi connectivity index (χ3v) is 4.86. The van der Waals surface area contributed by atoms with Crippen LogP contribution in [0.1, 0.15) is 37.9 Å². The van der Waals surface area contributed by atoms with Gasteiger partial charge in [-0.1, -0.05) is 0 Å². The van der Waals surface area contributed by atoms with E-state index in [4.69, 9.17) is 4.74 Å². The minimum Gasteiger partial charge on any atom is -0.493 e. The lowest BCUT2D eigenvalue weighted by atomic mass is 9.99. The van der Waals surface area contributed by atoms with E-state index in [0.29, 0.717) is 13.0 Å². The molecule has 2 N–H and O–H groups in total. The second kappa shape index (κ2) is 7.87. The van der Waals surface area contributed by atoms with Gasteiger partial charge < -0.3 is 19.7 Å². The van der Waals surface area contributed by atoms with E-state index in [1.807, 2.05) is 26.1 Å². The fraction of sp³-hybridized carbons (Fsp3) is 0.500. The van der Waals surface area contributed by atoms with Crippen molar-refractivity contribution < 1.29 is 9.84 Å². The zero-order chi connectivity index (χ0) is 19.6. The number of pyridine rings is 1. The summed E-state index contributed by atoms with van der Waals surface area (Å²) in [6.45, 7) is 7.50. The third-order valence-electron chi connectivity index (χ3n) is 4.86. The average molecular weight is 370 g/mol. The number of nitrogens with one attached hydrogen (secondary N) is 1. The lowest BCUT2D eigenvalue weighted by Gasteiger charge is -2.16. The van der Waals surface area contributed by atoms with Crippen LogP contribution in [0.4, 0.5) is 0 Å². The second-order valence-electron chi connectivity index (χ2n) is 8.29. The summed E-state index contributed by atoms with van der Waals surface area (Å²) in [6, 6.07) is 6.29. The molecule has 3 aromatic rings. The number of nitrogens with zero attached hydrogens (tertiary/aromatic N) is 2. The van der Waals surface area contributed by atoms with Gasteiger partial charge in [-0.25, -0.2) is 0 Å². The summed E-state index contributed by atoms with van der Waals surface area (Å²) in [5.41, 5.74) is 3.61. The summed E-state index contributed by atoms with van der Waals surface area (Å²) < 4.78 is 6.02. The van der Waals surface area contributed by atoms with Crippen molar-refractivity contribution in [2.45, 2.75) is 45.6 Å². The summed E-state index contributed by atoms with van der Waals surface area (Å²) in [7, 11) is 4.15. The molecule has 0 amide bonds. The highest BCUT2D eigenvalue weighted by Gasteiger charge is 2.17. The van der Waals surface area contributed by atoms with Crippen molar-refractivity contribution in [1.29, 1.82) is 0 Å². The molecule has 146 valence electrons. The number of rotatable bonds is 8. The Balaban J connectivity index is 1.91. The number of aromatic nitrogens is 2. The van der Waals surface area contributed by atoms with Gasteiger partial charge in [0, 0.05) is 35.1 Å². The van der Waals surface area contributed by atoms with Crippen molar-refractivity contribution in [2.75, 3.05) is 27.2 Å². The van der Waals surface area contributed by atoms with Gasteiger partial charge in [0.25, 0.3) is 0 Å². The second-order valence-corrected chi connectivity index (χ2v) is 8.29. The van der Waals surface area contributed by atoms with Crippen LogP contribution in [0.5, 0.6) is 5.75 Å². The van der Waals surface area contributed by atoms with Crippen LogP contribution in [0, 0.1) is 6.92 Å². The highest BCUT2D eigenvalue weighted by Crippen LogP contribution is 2.33. The van der Waals surface area contributed by atoms with Crippen LogP contribution in [0.3, 0.4) is 0 Å². The van der Waals surface area contributed by atoms with Gasteiger partial charge in [-0.2, -0.15) is 0 Å². The van der Waals surface area contributed by atoms with Crippen molar-refractivity contribution in [3.05, 3.63) is 35.7 Å². The van der Waals surface area contributed by atoms with E-state index in [2.05, 4.69) is 48.0 Å².